The first-order valence-electron chi connectivity index (χ1n) is 7.58. The molecule has 1 saturated heterocycles. The van der Waals surface area contributed by atoms with Gasteiger partial charge in [0, 0.05) is 25.0 Å². The smallest absolute Gasteiger partial charge is 0.191 e. The molecule has 2 rings (SSSR count). The van der Waals surface area contributed by atoms with Crippen molar-refractivity contribution in [1.29, 1.82) is 0 Å². The second kappa shape index (κ2) is 8.97. The molecule has 1 aliphatic rings. The lowest BCUT2D eigenvalue weighted by molar-refractivity contribution is 0.289. The van der Waals surface area contributed by atoms with E-state index in [0.717, 1.165) is 25.6 Å². The Morgan fingerprint density at radius 1 is 1.25 bits per heavy atom. The first-order chi connectivity index (χ1) is 9.88. The van der Waals surface area contributed by atoms with Crippen LogP contribution >= 0.6 is 11.3 Å². The van der Waals surface area contributed by atoms with E-state index < -0.39 is 0 Å². The average molecular weight is 294 g/mol. The summed E-state index contributed by atoms with van der Waals surface area (Å²) in [5.41, 5.74) is 0. The molecule has 0 spiro atoms. The van der Waals surface area contributed by atoms with Gasteiger partial charge in [0.1, 0.15) is 0 Å². The fraction of sp³-hybridized carbons (Fsp3) is 0.667. The van der Waals surface area contributed by atoms with E-state index in [1.807, 2.05) is 7.05 Å². The Balaban J connectivity index is 1.63. The van der Waals surface area contributed by atoms with Gasteiger partial charge in [-0.1, -0.05) is 18.9 Å². The van der Waals surface area contributed by atoms with E-state index in [9.17, 15) is 0 Å². The van der Waals surface area contributed by atoms with Gasteiger partial charge in [-0.05, 0) is 37.4 Å². The molecule has 112 valence electrons. The highest BCUT2D eigenvalue weighted by atomic mass is 32.1. The third-order valence-corrected chi connectivity index (χ3v) is 4.53. The summed E-state index contributed by atoms with van der Waals surface area (Å²) in [6, 6.07) is 4.22. The van der Waals surface area contributed by atoms with Crippen LogP contribution in [-0.2, 0) is 6.54 Å². The summed E-state index contributed by atoms with van der Waals surface area (Å²) in [6.45, 7) is 5.43. The molecule has 0 aromatic carbocycles. The number of thiophene rings is 1. The highest BCUT2D eigenvalue weighted by Crippen LogP contribution is 2.09. The number of likely N-dealkylation sites (tertiary alicyclic amines) is 1. The largest absolute Gasteiger partial charge is 0.355 e. The molecular weight excluding hydrogens is 268 g/mol. The maximum atomic E-state index is 4.27. The Morgan fingerprint density at radius 3 is 2.70 bits per heavy atom. The standard InChI is InChI=1S/C15H26N4S/c1-16-15(18-13-14-7-6-12-20-14)17-8-11-19-9-4-2-3-5-10-19/h6-7,12H,2-5,8-11,13H2,1H3,(H2,16,17,18). The first kappa shape index (κ1) is 15.3. The molecule has 2 heterocycles. The number of rotatable bonds is 5. The van der Waals surface area contributed by atoms with Crippen molar-refractivity contribution in [2.24, 2.45) is 4.99 Å². The van der Waals surface area contributed by atoms with Crippen LogP contribution in [0.15, 0.2) is 22.5 Å². The summed E-state index contributed by atoms with van der Waals surface area (Å²) in [6.07, 6.45) is 5.50. The Kier molecular flexibility index (Phi) is 6.88. The second-order valence-electron chi connectivity index (χ2n) is 5.19. The molecule has 0 saturated carbocycles. The first-order valence-corrected chi connectivity index (χ1v) is 8.45. The lowest BCUT2D eigenvalue weighted by Gasteiger charge is -2.20. The van der Waals surface area contributed by atoms with Gasteiger partial charge in [0.25, 0.3) is 0 Å². The summed E-state index contributed by atoms with van der Waals surface area (Å²) in [5, 5.41) is 8.86. The number of guanidine groups is 1. The number of hydrogen-bond acceptors (Lipinski definition) is 3. The SMILES string of the molecule is CN=C(NCCN1CCCCCC1)NCc1cccs1. The number of hydrogen-bond donors (Lipinski definition) is 2. The van der Waals surface area contributed by atoms with Gasteiger partial charge in [-0.2, -0.15) is 0 Å². The molecule has 4 nitrogen and oxygen atoms in total. The van der Waals surface area contributed by atoms with Crippen LogP contribution in [0.5, 0.6) is 0 Å². The van der Waals surface area contributed by atoms with Crippen molar-refractivity contribution in [3.8, 4) is 0 Å². The zero-order valence-corrected chi connectivity index (χ0v) is 13.2. The normalized spacial score (nSPS) is 17.8. The fourth-order valence-electron chi connectivity index (χ4n) is 2.50. The molecule has 2 N–H and O–H groups in total. The third-order valence-electron chi connectivity index (χ3n) is 3.65. The van der Waals surface area contributed by atoms with Crippen LogP contribution in [0.1, 0.15) is 30.6 Å². The van der Waals surface area contributed by atoms with Gasteiger partial charge in [-0.3, -0.25) is 4.99 Å². The van der Waals surface area contributed by atoms with Crippen LogP contribution in [0.3, 0.4) is 0 Å². The molecule has 1 aromatic heterocycles. The van der Waals surface area contributed by atoms with Crippen molar-refractivity contribution in [2.75, 3.05) is 33.2 Å². The zero-order valence-electron chi connectivity index (χ0n) is 12.4. The number of nitrogens with zero attached hydrogens (tertiary/aromatic N) is 2. The summed E-state index contributed by atoms with van der Waals surface area (Å²) in [7, 11) is 1.83. The van der Waals surface area contributed by atoms with Crippen molar-refractivity contribution in [1.82, 2.24) is 15.5 Å². The molecule has 1 aliphatic heterocycles. The molecule has 0 aliphatic carbocycles. The van der Waals surface area contributed by atoms with Crippen LogP contribution in [0.4, 0.5) is 0 Å². The molecule has 0 bridgehead atoms. The van der Waals surface area contributed by atoms with E-state index in [0.29, 0.717) is 0 Å². The minimum atomic E-state index is 0.848. The molecule has 1 fully saturated rings. The van der Waals surface area contributed by atoms with Gasteiger partial charge in [0.2, 0.25) is 0 Å². The molecule has 0 unspecified atom stereocenters. The molecule has 0 atom stereocenters. The Morgan fingerprint density at radius 2 is 2.05 bits per heavy atom. The van der Waals surface area contributed by atoms with Gasteiger partial charge in [0.15, 0.2) is 5.96 Å². The van der Waals surface area contributed by atoms with E-state index in [1.165, 1.54) is 43.6 Å². The van der Waals surface area contributed by atoms with E-state index in [1.54, 1.807) is 11.3 Å². The Bertz CT molecular complexity index is 381. The van der Waals surface area contributed by atoms with E-state index >= 15 is 0 Å². The van der Waals surface area contributed by atoms with E-state index in [-0.39, 0.29) is 0 Å². The molecule has 5 heteroatoms. The molecule has 0 amide bonds. The van der Waals surface area contributed by atoms with Gasteiger partial charge in [-0.25, -0.2) is 0 Å². The van der Waals surface area contributed by atoms with Crippen LogP contribution in [0, 0.1) is 0 Å². The summed E-state index contributed by atoms with van der Waals surface area (Å²) >= 11 is 1.77. The topological polar surface area (TPSA) is 39.7 Å². The predicted octanol–water partition coefficient (Wildman–Crippen LogP) is 2.29. The van der Waals surface area contributed by atoms with Crippen molar-refractivity contribution in [2.45, 2.75) is 32.2 Å². The van der Waals surface area contributed by atoms with Gasteiger partial charge >= 0.3 is 0 Å². The maximum absolute atomic E-state index is 4.27. The van der Waals surface area contributed by atoms with E-state index in [4.69, 9.17) is 0 Å². The predicted molar refractivity (Wildman–Crippen MR) is 87.4 cm³/mol. The zero-order chi connectivity index (χ0) is 14.0. The maximum Gasteiger partial charge on any atom is 0.191 e. The minimum Gasteiger partial charge on any atom is -0.355 e. The fourth-order valence-corrected chi connectivity index (χ4v) is 3.14. The van der Waals surface area contributed by atoms with Crippen molar-refractivity contribution >= 4 is 17.3 Å². The number of nitrogens with one attached hydrogen (secondary N) is 2. The Labute approximate surface area is 126 Å². The van der Waals surface area contributed by atoms with E-state index in [2.05, 4.69) is 38.0 Å². The monoisotopic (exact) mass is 294 g/mol. The minimum absolute atomic E-state index is 0.848. The van der Waals surface area contributed by atoms with Crippen molar-refractivity contribution < 1.29 is 0 Å². The molecule has 20 heavy (non-hydrogen) atoms. The lowest BCUT2D eigenvalue weighted by Crippen LogP contribution is -2.41. The lowest BCUT2D eigenvalue weighted by atomic mass is 10.2. The summed E-state index contributed by atoms with van der Waals surface area (Å²) < 4.78 is 0. The highest BCUT2D eigenvalue weighted by Gasteiger charge is 2.08. The van der Waals surface area contributed by atoms with Crippen molar-refractivity contribution in [3.63, 3.8) is 0 Å². The van der Waals surface area contributed by atoms with Gasteiger partial charge < -0.3 is 15.5 Å². The van der Waals surface area contributed by atoms with Crippen molar-refractivity contribution in [3.05, 3.63) is 22.4 Å². The van der Waals surface area contributed by atoms with Gasteiger partial charge in [-0.15, -0.1) is 11.3 Å². The highest BCUT2D eigenvalue weighted by molar-refractivity contribution is 7.09. The number of aliphatic imine (C=N–C) groups is 1. The summed E-state index contributed by atoms with van der Waals surface area (Å²) in [4.78, 5) is 8.17. The molecule has 1 aromatic rings. The quantitative estimate of drug-likeness (QED) is 0.646. The van der Waals surface area contributed by atoms with Crippen LogP contribution in [0.25, 0.3) is 0 Å². The van der Waals surface area contributed by atoms with Crippen LogP contribution in [0.2, 0.25) is 0 Å². The average Bonchev–Trinajstić information content (AvgIpc) is 2.85. The van der Waals surface area contributed by atoms with Crippen LogP contribution < -0.4 is 10.6 Å². The molecule has 0 radical (unpaired) electrons. The van der Waals surface area contributed by atoms with Gasteiger partial charge in [0.05, 0.1) is 6.54 Å². The van der Waals surface area contributed by atoms with Crippen LogP contribution in [-0.4, -0.2) is 44.1 Å². The Hall–Kier alpha value is -1.07. The third kappa shape index (κ3) is 5.51. The second-order valence-corrected chi connectivity index (χ2v) is 6.22. The summed E-state index contributed by atoms with van der Waals surface area (Å²) in [5.74, 6) is 0.897. The molecular formula is C15H26N4S.